The van der Waals surface area contributed by atoms with Crippen molar-refractivity contribution in [2.24, 2.45) is 0 Å². The zero-order valence-corrected chi connectivity index (χ0v) is 12.4. The molecule has 0 atom stereocenters. The third kappa shape index (κ3) is 5.06. The summed E-state index contributed by atoms with van der Waals surface area (Å²) in [6, 6.07) is 5.12. The Bertz CT molecular complexity index is 636. The molecule has 2 N–H and O–H groups in total. The van der Waals surface area contributed by atoms with Crippen LogP contribution in [0.2, 0.25) is 0 Å². The lowest BCUT2D eigenvalue weighted by atomic mass is 10.1. The lowest BCUT2D eigenvalue weighted by Gasteiger charge is -2.13. The van der Waals surface area contributed by atoms with Crippen LogP contribution < -0.4 is 10.6 Å². The average Bonchev–Trinajstić information content (AvgIpc) is 2.51. The highest BCUT2D eigenvalue weighted by atomic mass is 19.4. The summed E-state index contributed by atoms with van der Waals surface area (Å²) >= 11 is 0. The summed E-state index contributed by atoms with van der Waals surface area (Å²) in [4.78, 5) is 4.08. The fourth-order valence-electron chi connectivity index (χ4n) is 1.83. The summed E-state index contributed by atoms with van der Waals surface area (Å²) in [7, 11) is 1.60. The van der Waals surface area contributed by atoms with Gasteiger partial charge in [-0.1, -0.05) is 12.1 Å². The molecule has 0 bridgehead atoms. The van der Waals surface area contributed by atoms with Crippen molar-refractivity contribution >= 4 is 17.5 Å². The molecule has 0 radical (unpaired) electrons. The highest BCUT2D eigenvalue weighted by molar-refractivity contribution is 5.59. The fourth-order valence-corrected chi connectivity index (χ4v) is 1.83. The molecule has 2 rings (SSSR count). The lowest BCUT2D eigenvalue weighted by Crippen LogP contribution is -2.11. The highest BCUT2D eigenvalue weighted by Crippen LogP contribution is 2.35. The largest absolute Gasteiger partial charge is 0.418 e. The predicted octanol–water partition coefficient (Wildman–Crippen LogP) is 3.08. The maximum Gasteiger partial charge on any atom is 0.418 e. The van der Waals surface area contributed by atoms with Crippen LogP contribution in [0.5, 0.6) is 0 Å². The first-order valence-electron chi connectivity index (χ1n) is 6.86. The van der Waals surface area contributed by atoms with Gasteiger partial charge in [0.15, 0.2) is 5.82 Å². The number of nitrogens with one attached hydrogen (secondary N) is 2. The Hall–Kier alpha value is -2.42. The molecule has 1 aromatic heterocycles. The van der Waals surface area contributed by atoms with E-state index in [1.54, 1.807) is 7.11 Å². The Morgan fingerprint density at radius 2 is 2.00 bits per heavy atom. The van der Waals surface area contributed by atoms with Gasteiger partial charge in [0.25, 0.3) is 0 Å². The van der Waals surface area contributed by atoms with Gasteiger partial charge in [-0.05, 0) is 18.6 Å². The van der Waals surface area contributed by atoms with Crippen molar-refractivity contribution in [1.29, 1.82) is 0 Å². The van der Waals surface area contributed by atoms with Gasteiger partial charge in [0.2, 0.25) is 5.95 Å². The summed E-state index contributed by atoms with van der Waals surface area (Å²) in [5, 5.41) is 13.0. The number of hydrogen-bond donors (Lipinski definition) is 2. The molecule has 0 aliphatic carbocycles. The monoisotopic (exact) mass is 327 g/mol. The Balaban J connectivity index is 2.09. The summed E-state index contributed by atoms with van der Waals surface area (Å²) < 4.78 is 43.8. The molecule has 9 heteroatoms. The lowest BCUT2D eigenvalue weighted by molar-refractivity contribution is -0.136. The zero-order valence-electron chi connectivity index (χ0n) is 12.4. The molecule has 1 aromatic carbocycles. The van der Waals surface area contributed by atoms with Crippen LogP contribution in [-0.2, 0) is 10.9 Å². The molecule has 0 saturated carbocycles. The molecule has 0 aliphatic rings. The third-order valence-corrected chi connectivity index (χ3v) is 2.87. The van der Waals surface area contributed by atoms with Crippen LogP contribution in [0.25, 0.3) is 0 Å². The molecule has 1 heterocycles. The predicted molar refractivity (Wildman–Crippen MR) is 79.5 cm³/mol. The van der Waals surface area contributed by atoms with E-state index in [-0.39, 0.29) is 11.6 Å². The second-order valence-electron chi connectivity index (χ2n) is 4.61. The molecule has 0 fully saturated rings. The minimum atomic E-state index is -4.47. The van der Waals surface area contributed by atoms with Gasteiger partial charge in [0.1, 0.15) is 0 Å². The minimum Gasteiger partial charge on any atom is -0.385 e. The third-order valence-electron chi connectivity index (χ3n) is 2.87. The second kappa shape index (κ2) is 7.73. The normalized spacial score (nSPS) is 11.3. The van der Waals surface area contributed by atoms with Gasteiger partial charge in [-0.25, -0.2) is 0 Å². The van der Waals surface area contributed by atoms with Crippen LogP contribution >= 0.6 is 0 Å². The second-order valence-corrected chi connectivity index (χ2v) is 4.61. The standard InChI is InChI=1S/C14H16F3N5O/c1-23-8-4-7-18-12-9-19-22-13(21-12)20-11-6-3-2-5-10(11)14(15,16)17/h2-3,5-6,9H,4,7-8H2,1H3,(H2,18,20,21,22). The van der Waals surface area contributed by atoms with E-state index in [2.05, 4.69) is 25.8 Å². The summed E-state index contributed by atoms with van der Waals surface area (Å²) in [6.45, 7) is 1.20. The molecule has 0 unspecified atom stereocenters. The Morgan fingerprint density at radius 3 is 2.74 bits per heavy atom. The van der Waals surface area contributed by atoms with E-state index < -0.39 is 11.7 Å². The Morgan fingerprint density at radius 1 is 1.22 bits per heavy atom. The van der Waals surface area contributed by atoms with Gasteiger partial charge in [-0.3, -0.25) is 0 Å². The maximum absolute atomic E-state index is 12.9. The molecule has 0 spiro atoms. The highest BCUT2D eigenvalue weighted by Gasteiger charge is 2.33. The molecular formula is C14H16F3N5O. The number of ether oxygens (including phenoxy) is 1. The smallest absolute Gasteiger partial charge is 0.385 e. The van der Waals surface area contributed by atoms with Gasteiger partial charge >= 0.3 is 6.18 Å². The fraction of sp³-hybridized carbons (Fsp3) is 0.357. The van der Waals surface area contributed by atoms with Crippen LogP contribution in [0.1, 0.15) is 12.0 Å². The SMILES string of the molecule is COCCCNc1cnnc(Nc2ccccc2C(F)(F)F)n1. The van der Waals surface area contributed by atoms with E-state index in [0.29, 0.717) is 19.0 Å². The van der Waals surface area contributed by atoms with Gasteiger partial charge in [0, 0.05) is 20.3 Å². The number of halogens is 3. The summed E-state index contributed by atoms with van der Waals surface area (Å²) in [6.07, 6.45) is -2.30. The van der Waals surface area contributed by atoms with E-state index in [1.807, 2.05) is 0 Å². The van der Waals surface area contributed by atoms with Crippen molar-refractivity contribution in [2.75, 3.05) is 30.9 Å². The first-order chi connectivity index (χ1) is 11.0. The van der Waals surface area contributed by atoms with Gasteiger partial charge in [-0.15, -0.1) is 5.10 Å². The molecule has 6 nitrogen and oxygen atoms in total. The number of para-hydroxylation sites is 1. The van der Waals surface area contributed by atoms with Crippen molar-refractivity contribution in [3.63, 3.8) is 0 Å². The van der Waals surface area contributed by atoms with E-state index in [9.17, 15) is 13.2 Å². The van der Waals surface area contributed by atoms with Crippen LogP contribution in [0, 0.1) is 0 Å². The number of methoxy groups -OCH3 is 1. The van der Waals surface area contributed by atoms with E-state index in [4.69, 9.17) is 4.74 Å². The number of anilines is 3. The molecule has 0 aliphatic heterocycles. The van der Waals surface area contributed by atoms with Gasteiger partial charge < -0.3 is 15.4 Å². The van der Waals surface area contributed by atoms with E-state index in [1.165, 1.54) is 24.4 Å². The molecule has 0 amide bonds. The van der Waals surface area contributed by atoms with E-state index >= 15 is 0 Å². The number of nitrogens with zero attached hydrogens (tertiary/aromatic N) is 3. The minimum absolute atomic E-state index is 0.0153. The molecule has 124 valence electrons. The Labute approximate surface area is 131 Å². The molecule has 0 saturated heterocycles. The number of rotatable bonds is 7. The first kappa shape index (κ1) is 16.9. The van der Waals surface area contributed by atoms with Gasteiger partial charge in [-0.2, -0.15) is 23.3 Å². The van der Waals surface area contributed by atoms with Crippen molar-refractivity contribution in [1.82, 2.24) is 15.2 Å². The van der Waals surface area contributed by atoms with Gasteiger partial charge in [0.05, 0.1) is 17.4 Å². The van der Waals surface area contributed by atoms with Crippen LogP contribution in [0.15, 0.2) is 30.5 Å². The van der Waals surface area contributed by atoms with Crippen LogP contribution in [-0.4, -0.2) is 35.4 Å². The summed E-state index contributed by atoms with van der Waals surface area (Å²) in [5.74, 6) is 0.404. The van der Waals surface area contributed by atoms with Crippen LogP contribution in [0.3, 0.4) is 0 Å². The van der Waals surface area contributed by atoms with Crippen LogP contribution in [0.4, 0.5) is 30.6 Å². The van der Waals surface area contributed by atoms with Crippen molar-refractivity contribution in [2.45, 2.75) is 12.6 Å². The topological polar surface area (TPSA) is 72.0 Å². The van der Waals surface area contributed by atoms with E-state index in [0.717, 1.165) is 12.5 Å². The Kier molecular flexibility index (Phi) is 5.69. The quantitative estimate of drug-likeness (QED) is 0.762. The number of alkyl halides is 3. The summed E-state index contributed by atoms with van der Waals surface area (Å²) in [5.41, 5.74) is -0.916. The molecular weight excluding hydrogens is 311 g/mol. The zero-order chi connectivity index (χ0) is 16.7. The van der Waals surface area contributed by atoms with Crippen molar-refractivity contribution < 1.29 is 17.9 Å². The van der Waals surface area contributed by atoms with Crippen molar-refractivity contribution in [3.8, 4) is 0 Å². The van der Waals surface area contributed by atoms with Crippen molar-refractivity contribution in [3.05, 3.63) is 36.0 Å². The number of hydrogen-bond acceptors (Lipinski definition) is 6. The molecule has 23 heavy (non-hydrogen) atoms. The molecule has 2 aromatic rings. The number of benzene rings is 1. The number of aromatic nitrogens is 3. The maximum atomic E-state index is 12.9. The average molecular weight is 327 g/mol. The first-order valence-corrected chi connectivity index (χ1v) is 6.86.